The number of aliphatic hydroxyl groups excluding tert-OH is 3. The third kappa shape index (κ3) is 7.29. The fourth-order valence-electron chi connectivity index (χ4n) is 23.6. The lowest BCUT2D eigenvalue weighted by molar-refractivity contribution is -0.263. The summed E-state index contributed by atoms with van der Waals surface area (Å²) >= 11 is 0. The van der Waals surface area contributed by atoms with Gasteiger partial charge in [-0.1, -0.05) is 111 Å². The third-order valence-electron chi connectivity index (χ3n) is 26.6. The Bertz CT molecular complexity index is 3850. The number of aromatic hydroxyl groups is 3. The zero-order valence-electron chi connectivity index (χ0n) is 50.5. The van der Waals surface area contributed by atoms with Crippen molar-refractivity contribution < 1.29 is 45.3 Å². The molecule has 20 unspecified atom stereocenters. The molecule has 4 saturated carbocycles. The Morgan fingerprint density at radius 3 is 2.53 bits per heavy atom. The summed E-state index contributed by atoms with van der Waals surface area (Å²) in [5, 5.41) is 93.5. The fraction of sp³-hybridized carbons (Fsp3) is 0.545. The largest absolute Gasteiger partial charge is 0.504 e. The Labute approximate surface area is 511 Å². The number of hydrogen-bond donors (Lipinski definition) is 8. The van der Waals surface area contributed by atoms with Gasteiger partial charge < -0.3 is 45.8 Å². The van der Waals surface area contributed by atoms with Crippen LogP contribution in [-0.2, 0) is 36.1 Å². The van der Waals surface area contributed by atoms with Gasteiger partial charge in [-0.15, -0.1) is 5.92 Å². The normalized spacial score (nSPS) is 41.4. The molecule has 16 aliphatic carbocycles. The first-order chi connectivity index (χ1) is 42.0. The molecule has 4 spiro atoms. The molecule has 17 aliphatic rings. The average molecular weight is 1170 g/mol. The van der Waals surface area contributed by atoms with E-state index in [1.54, 1.807) is 12.1 Å². The van der Waals surface area contributed by atoms with Crippen LogP contribution in [0.2, 0.25) is 0 Å². The van der Waals surface area contributed by atoms with E-state index in [1.807, 2.05) is 30.3 Å². The van der Waals surface area contributed by atoms with E-state index in [0.717, 1.165) is 89.5 Å². The second-order valence-corrected chi connectivity index (χ2v) is 30.4. The highest BCUT2D eigenvalue weighted by atomic mass is 16.5. The number of hydrogen-bond acceptors (Lipinski definition) is 10. The average Bonchev–Trinajstić information content (AvgIpc) is 1.19. The summed E-state index contributed by atoms with van der Waals surface area (Å²) in [6.07, 6.45) is 17.5. The van der Waals surface area contributed by atoms with Gasteiger partial charge in [0.05, 0.1) is 43.4 Å². The number of methoxy groups -OCH3 is 1. The number of carbonyl (C=O) groups is 1. The topological polar surface area (TPSA) is 180 Å². The maximum atomic E-state index is 17.9. The molecular formula is C77H83NO9. The van der Waals surface area contributed by atoms with E-state index >= 15 is 9.90 Å². The molecule has 8 N–H and O–H groups in total. The summed E-state index contributed by atoms with van der Waals surface area (Å²) in [7, 11) is 1.52. The van der Waals surface area contributed by atoms with E-state index in [1.165, 1.54) is 18.3 Å². The first-order valence-electron chi connectivity index (χ1n) is 33.3. The van der Waals surface area contributed by atoms with Gasteiger partial charge in [-0.3, -0.25) is 4.79 Å². The fourth-order valence-corrected chi connectivity index (χ4v) is 23.6. The van der Waals surface area contributed by atoms with Crippen molar-refractivity contribution in [3.05, 3.63) is 152 Å². The van der Waals surface area contributed by atoms with E-state index in [0.29, 0.717) is 74.8 Å². The first kappa shape index (κ1) is 55.0. The first-order valence-corrected chi connectivity index (χ1v) is 33.3. The van der Waals surface area contributed by atoms with Crippen molar-refractivity contribution >= 4 is 5.78 Å². The summed E-state index contributed by atoms with van der Waals surface area (Å²) in [5.41, 5.74) is 8.27. The molecular weight excluding hydrogens is 1080 g/mol. The predicted octanol–water partition coefficient (Wildman–Crippen LogP) is 11.3. The number of aryl methyl sites for hydroxylation is 1. The molecule has 4 aromatic rings. The molecule has 1 heterocycles. The molecule has 1 aliphatic heterocycles. The Balaban J connectivity index is 1.05. The molecule has 5 fully saturated rings. The highest BCUT2D eigenvalue weighted by Crippen LogP contribution is 2.85. The van der Waals surface area contributed by atoms with E-state index in [9.17, 15) is 30.6 Å². The molecule has 0 amide bonds. The van der Waals surface area contributed by atoms with E-state index < -0.39 is 88.3 Å². The molecule has 0 radical (unpaired) electrons. The highest BCUT2D eigenvalue weighted by Gasteiger charge is 2.84. The van der Waals surface area contributed by atoms with Gasteiger partial charge in [0.1, 0.15) is 5.78 Å². The van der Waals surface area contributed by atoms with Gasteiger partial charge in [-0.25, -0.2) is 0 Å². The van der Waals surface area contributed by atoms with Crippen LogP contribution in [0.5, 0.6) is 23.0 Å². The second-order valence-electron chi connectivity index (χ2n) is 30.4. The Hall–Kier alpha value is -6.11. The Morgan fingerprint density at radius 1 is 0.874 bits per heavy atom. The number of piperidine rings is 1. The number of aliphatic hydroxyl groups is 4. The van der Waals surface area contributed by atoms with Crippen molar-refractivity contribution in [3.8, 4) is 46.7 Å². The van der Waals surface area contributed by atoms with Crippen LogP contribution in [0.3, 0.4) is 0 Å². The van der Waals surface area contributed by atoms with E-state index in [4.69, 9.17) is 4.74 Å². The van der Waals surface area contributed by atoms with Gasteiger partial charge in [-0.2, -0.15) is 0 Å². The Kier molecular flexibility index (Phi) is 12.1. The lowest BCUT2D eigenvalue weighted by Gasteiger charge is -2.82. The number of ketones is 1. The lowest BCUT2D eigenvalue weighted by Crippen LogP contribution is -2.87. The third-order valence-corrected chi connectivity index (χ3v) is 26.6. The highest BCUT2D eigenvalue weighted by molar-refractivity contribution is 5.85. The maximum absolute atomic E-state index is 17.9. The number of allylic oxidation sites excluding steroid dienone is 5. The number of carbonyl (C=O) groups excluding carboxylic acids is 1. The summed E-state index contributed by atoms with van der Waals surface area (Å²) < 4.78 is 5.87. The summed E-state index contributed by atoms with van der Waals surface area (Å²) in [5.74, 6) is 11.6. The van der Waals surface area contributed by atoms with Gasteiger partial charge in [0.25, 0.3) is 0 Å². The molecule has 1 saturated heterocycles. The SMILES string of the molecule is COc1cc(C2CC(=O)C3C(CCC(C)C)c4cc5cc6c4C(C#CCC4NC78CCC3(O)C(C4C#CC2Cc2ccccc2)C72c3cc(O)c(O)cc3C3CC2C24CC37CCCC7C=C2C2CC(O)C(=CC2=CC4C8)C5)C(O)CC6)c(CO)cc1O. The minimum atomic E-state index is -1.74. The second kappa shape index (κ2) is 19.2. The number of Topliss-reactive ketones (excluding diaryl/α,β-unsaturated/α-hetero) is 1. The molecule has 87 heavy (non-hydrogen) atoms. The number of nitrogens with one attached hydrogen (secondary N) is 1. The predicted molar refractivity (Wildman–Crippen MR) is 331 cm³/mol. The van der Waals surface area contributed by atoms with E-state index in [-0.39, 0.29) is 70.2 Å². The van der Waals surface area contributed by atoms with Crippen LogP contribution >= 0.6 is 0 Å². The molecule has 4 aromatic carbocycles. The van der Waals surface area contributed by atoms with Crippen LogP contribution in [0.15, 0.2) is 102 Å². The van der Waals surface area contributed by atoms with Crippen molar-refractivity contribution in [3.63, 3.8) is 0 Å². The maximum Gasteiger partial charge on any atom is 0.160 e. The molecule has 0 aromatic heterocycles. The van der Waals surface area contributed by atoms with Crippen LogP contribution in [-0.4, -0.2) is 78.0 Å². The number of rotatable bonds is 8. The monoisotopic (exact) mass is 1170 g/mol. The summed E-state index contributed by atoms with van der Waals surface area (Å²) in [4.78, 5) is 17.9. The number of phenolic OH excluding ortho intramolecular Hbond substituents is 3. The standard InChI is InChI=1S/C77H83NO9/c1-40(2)14-17-50-56-26-42-24-44-16-19-62(80)52(70(44)56)12-7-13-61-51-18-15-43(23-41-9-5-4-6-10-41)53(54-34-68(87-3)66(84)29-47(54)38-79)31-67(85)71(50)76(86)22-21-74(78-61)37-49-28-45-27-46(25-42)63(81)32-55(45)59-30-48-11-8-20-73(48)39-75(49,59)69-36-58(73)57-33-64(82)65(83)35-60(57)77(69,74)72(51)76/h4-6,9-10,24,26-30,33-35,40,43,48-53,55,58,61-63,69,71-72,78-84,86H,8,11,13-14,16-17,19-23,25,31-32,36-39H2,1-3H3. The minimum absolute atomic E-state index is 0.00273. The molecule has 21 rings (SSSR count). The molecule has 17 bridgehead atoms. The van der Waals surface area contributed by atoms with Crippen molar-refractivity contribution in [2.75, 3.05) is 7.11 Å². The quantitative estimate of drug-likeness (QED) is 0.0481. The summed E-state index contributed by atoms with van der Waals surface area (Å²) in [6, 6.07) is 21.7. The van der Waals surface area contributed by atoms with Crippen LogP contribution in [0.1, 0.15) is 177 Å². The van der Waals surface area contributed by atoms with Gasteiger partial charge in [-0.05, 0) is 210 Å². The molecule has 10 nitrogen and oxygen atoms in total. The molecule has 10 heteroatoms. The number of phenols is 3. The van der Waals surface area contributed by atoms with Crippen molar-refractivity contribution in [1.82, 2.24) is 5.32 Å². The zero-order valence-corrected chi connectivity index (χ0v) is 50.5. The van der Waals surface area contributed by atoms with Crippen molar-refractivity contribution in [1.29, 1.82) is 0 Å². The smallest absolute Gasteiger partial charge is 0.160 e. The number of fused-ring (bicyclic) bond motifs is 5. The van der Waals surface area contributed by atoms with Crippen LogP contribution in [0.25, 0.3) is 0 Å². The Morgan fingerprint density at radius 2 is 1.71 bits per heavy atom. The van der Waals surface area contributed by atoms with Crippen LogP contribution < -0.4 is 10.1 Å². The molecule has 20 atom stereocenters. The van der Waals surface area contributed by atoms with E-state index in [2.05, 4.69) is 85.3 Å². The van der Waals surface area contributed by atoms with Gasteiger partial charge in [0.15, 0.2) is 23.0 Å². The van der Waals surface area contributed by atoms with Crippen molar-refractivity contribution in [2.24, 2.45) is 64.1 Å². The van der Waals surface area contributed by atoms with Crippen LogP contribution in [0, 0.1) is 87.8 Å². The van der Waals surface area contributed by atoms with Crippen LogP contribution in [0.4, 0.5) is 0 Å². The minimum Gasteiger partial charge on any atom is -0.504 e. The number of benzene rings is 4. The van der Waals surface area contributed by atoms with Gasteiger partial charge in [0.2, 0.25) is 0 Å². The van der Waals surface area contributed by atoms with Gasteiger partial charge >= 0.3 is 0 Å². The summed E-state index contributed by atoms with van der Waals surface area (Å²) in [6.45, 7) is 4.07. The molecule has 450 valence electrons. The number of ether oxygens (including phenoxy) is 1. The lowest BCUT2D eigenvalue weighted by atomic mass is 9.23. The zero-order chi connectivity index (χ0) is 59.4. The van der Waals surface area contributed by atoms with Gasteiger partial charge in [0, 0.05) is 64.8 Å². The van der Waals surface area contributed by atoms with Crippen molar-refractivity contribution in [2.45, 2.75) is 188 Å².